The van der Waals surface area contributed by atoms with E-state index >= 15 is 0 Å². The van der Waals surface area contributed by atoms with Gasteiger partial charge in [0.1, 0.15) is 0 Å². The van der Waals surface area contributed by atoms with Gasteiger partial charge in [-0.2, -0.15) is 15.0 Å². The van der Waals surface area contributed by atoms with E-state index in [2.05, 4.69) is 15.0 Å². The summed E-state index contributed by atoms with van der Waals surface area (Å²) in [5.41, 5.74) is 2.83. The molecule has 0 aliphatic heterocycles. The summed E-state index contributed by atoms with van der Waals surface area (Å²) >= 11 is 0. The van der Waals surface area contributed by atoms with Crippen LogP contribution in [0.5, 0.6) is 0 Å². The van der Waals surface area contributed by atoms with Gasteiger partial charge in [0.05, 0.1) is 24.2 Å². The zero-order valence-corrected chi connectivity index (χ0v) is 8.42. The molecule has 2 aromatic rings. The summed E-state index contributed by atoms with van der Waals surface area (Å²) in [5.74, 6) is 4.98. The van der Waals surface area contributed by atoms with Gasteiger partial charge in [0.2, 0.25) is 0 Å². The van der Waals surface area contributed by atoms with Crippen LogP contribution in [0.25, 0.3) is 5.69 Å². The fraction of sp³-hybridized carbons (Fsp3) is 0.200. The van der Waals surface area contributed by atoms with Gasteiger partial charge in [-0.3, -0.25) is 4.84 Å². The fourth-order valence-electron chi connectivity index (χ4n) is 1.29. The third-order valence-electron chi connectivity index (χ3n) is 2.02. The summed E-state index contributed by atoms with van der Waals surface area (Å²) in [5, 5.41) is 8.32. The predicted octanol–water partition coefficient (Wildman–Crippen LogP) is 0.966. The highest BCUT2D eigenvalue weighted by molar-refractivity contribution is 5.32. The van der Waals surface area contributed by atoms with Gasteiger partial charge in [0.15, 0.2) is 0 Å². The van der Waals surface area contributed by atoms with Crippen LogP contribution >= 0.6 is 0 Å². The summed E-state index contributed by atoms with van der Waals surface area (Å²) in [6.45, 7) is 2.31. The number of hydrogen-bond donors (Lipinski definition) is 1. The Balaban J connectivity index is 2.23. The van der Waals surface area contributed by atoms with Gasteiger partial charge in [-0.15, -0.1) is 0 Å². The number of aryl methyl sites for hydroxylation is 1. The lowest BCUT2D eigenvalue weighted by Crippen LogP contribution is -2.01. The second-order valence-electron chi connectivity index (χ2n) is 3.25. The van der Waals surface area contributed by atoms with E-state index in [1.165, 1.54) is 0 Å². The van der Waals surface area contributed by atoms with Crippen LogP contribution < -0.4 is 5.90 Å². The normalized spacial score (nSPS) is 10.5. The van der Waals surface area contributed by atoms with Crippen molar-refractivity contribution in [1.82, 2.24) is 15.0 Å². The van der Waals surface area contributed by atoms with Crippen molar-refractivity contribution in [2.45, 2.75) is 13.5 Å². The molecule has 0 fully saturated rings. The molecule has 15 heavy (non-hydrogen) atoms. The van der Waals surface area contributed by atoms with Crippen LogP contribution in [-0.2, 0) is 11.4 Å². The molecule has 2 N–H and O–H groups in total. The molecule has 0 aliphatic carbocycles. The van der Waals surface area contributed by atoms with Crippen molar-refractivity contribution in [3.63, 3.8) is 0 Å². The molecule has 78 valence electrons. The van der Waals surface area contributed by atoms with E-state index in [-0.39, 0.29) is 0 Å². The first kappa shape index (κ1) is 9.82. The van der Waals surface area contributed by atoms with Crippen molar-refractivity contribution >= 4 is 0 Å². The number of nitrogens with zero attached hydrogens (tertiary/aromatic N) is 3. The van der Waals surface area contributed by atoms with E-state index in [1.54, 1.807) is 11.0 Å². The molecule has 0 saturated heterocycles. The Kier molecular flexibility index (Phi) is 2.75. The fourth-order valence-corrected chi connectivity index (χ4v) is 1.29. The Morgan fingerprint density at radius 2 is 2.07 bits per heavy atom. The molecule has 0 amide bonds. The number of nitrogens with two attached hydrogens (primary N) is 1. The topological polar surface area (TPSA) is 66.0 Å². The van der Waals surface area contributed by atoms with Crippen molar-refractivity contribution < 1.29 is 4.84 Å². The average molecular weight is 204 g/mol. The van der Waals surface area contributed by atoms with Crippen molar-refractivity contribution in [2.75, 3.05) is 0 Å². The zero-order valence-electron chi connectivity index (χ0n) is 8.42. The second kappa shape index (κ2) is 4.20. The molecule has 1 aromatic heterocycles. The maximum Gasteiger partial charge on any atom is 0.0930 e. The minimum absolute atomic E-state index is 0.409. The van der Waals surface area contributed by atoms with Gasteiger partial charge >= 0.3 is 0 Å². The molecule has 5 nitrogen and oxygen atoms in total. The SMILES string of the molecule is Cc1cnn(-c2ccc(CON)cc2)n1. The van der Waals surface area contributed by atoms with Crippen molar-refractivity contribution in [3.05, 3.63) is 41.7 Å². The van der Waals surface area contributed by atoms with Gasteiger partial charge < -0.3 is 0 Å². The summed E-state index contributed by atoms with van der Waals surface area (Å²) in [7, 11) is 0. The summed E-state index contributed by atoms with van der Waals surface area (Å²) in [6.07, 6.45) is 1.72. The van der Waals surface area contributed by atoms with Crippen LogP contribution in [-0.4, -0.2) is 15.0 Å². The molecule has 0 spiro atoms. The van der Waals surface area contributed by atoms with Crippen LogP contribution in [0, 0.1) is 6.92 Å². The van der Waals surface area contributed by atoms with Crippen LogP contribution in [0.2, 0.25) is 0 Å². The number of benzene rings is 1. The van der Waals surface area contributed by atoms with Gasteiger partial charge in [-0.25, -0.2) is 5.90 Å². The van der Waals surface area contributed by atoms with Crippen LogP contribution in [0.15, 0.2) is 30.5 Å². The molecule has 1 aromatic carbocycles. The first-order valence-electron chi connectivity index (χ1n) is 4.59. The summed E-state index contributed by atoms with van der Waals surface area (Å²) < 4.78 is 0. The lowest BCUT2D eigenvalue weighted by atomic mass is 10.2. The Morgan fingerprint density at radius 1 is 1.33 bits per heavy atom. The van der Waals surface area contributed by atoms with E-state index in [1.807, 2.05) is 31.2 Å². The zero-order chi connectivity index (χ0) is 10.7. The molecule has 5 heteroatoms. The average Bonchev–Trinajstić information content (AvgIpc) is 2.67. The van der Waals surface area contributed by atoms with E-state index < -0.39 is 0 Å². The van der Waals surface area contributed by atoms with Gasteiger partial charge in [-0.1, -0.05) is 12.1 Å². The predicted molar refractivity (Wildman–Crippen MR) is 55.1 cm³/mol. The Hall–Kier alpha value is -1.72. The van der Waals surface area contributed by atoms with E-state index in [0.29, 0.717) is 6.61 Å². The largest absolute Gasteiger partial charge is 0.300 e. The van der Waals surface area contributed by atoms with Gasteiger partial charge in [0.25, 0.3) is 0 Å². The molecule has 1 heterocycles. The Bertz CT molecular complexity index is 435. The smallest absolute Gasteiger partial charge is 0.0930 e. The van der Waals surface area contributed by atoms with E-state index in [0.717, 1.165) is 16.9 Å². The Labute approximate surface area is 87.4 Å². The molecule has 0 saturated carbocycles. The molecule has 0 unspecified atom stereocenters. The monoisotopic (exact) mass is 204 g/mol. The molecule has 0 radical (unpaired) electrons. The number of hydrogen-bond acceptors (Lipinski definition) is 4. The molecule has 0 bridgehead atoms. The second-order valence-corrected chi connectivity index (χ2v) is 3.25. The van der Waals surface area contributed by atoms with Crippen LogP contribution in [0.1, 0.15) is 11.3 Å². The van der Waals surface area contributed by atoms with Crippen molar-refractivity contribution in [1.29, 1.82) is 0 Å². The highest BCUT2D eigenvalue weighted by atomic mass is 16.6. The maximum absolute atomic E-state index is 4.98. The van der Waals surface area contributed by atoms with Crippen LogP contribution in [0.4, 0.5) is 0 Å². The molecule has 2 rings (SSSR count). The molecular weight excluding hydrogens is 192 g/mol. The lowest BCUT2D eigenvalue weighted by Gasteiger charge is -2.01. The minimum Gasteiger partial charge on any atom is -0.300 e. The molecular formula is C10H12N4O. The lowest BCUT2D eigenvalue weighted by molar-refractivity contribution is 0.124. The third kappa shape index (κ3) is 2.20. The van der Waals surface area contributed by atoms with E-state index in [4.69, 9.17) is 5.90 Å². The first-order valence-corrected chi connectivity index (χ1v) is 4.59. The highest BCUT2D eigenvalue weighted by Gasteiger charge is 1.99. The maximum atomic E-state index is 4.98. The molecule has 0 aliphatic rings. The molecule has 0 atom stereocenters. The summed E-state index contributed by atoms with van der Waals surface area (Å²) in [6, 6.07) is 7.71. The van der Waals surface area contributed by atoms with Crippen molar-refractivity contribution in [3.8, 4) is 5.69 Å². The van der Waals surface area contributed by atoms with Crippen LogP contribution in [0.3, 0.4) is 0 Å². The van der Waals surface area contributed by atoms with Gasteiger partial charge in [-0.05, 0) is 24.6 Å². The third-order valence-corrected chi connectivity index (χ3v) is 2.02. The Morgan fingerprint density at radius 3 is 2.60 bits per heavy atom. The number of rotatable bonds is 3. The first-order chi connectivity index (χ1) is 7.29. The van der Waals surface area contributed by atoms with Gasteiger partial charge in [0, 0.05) is 0 Å². The van der Waals surface area contributed by atoms with Crippen molar-refractivity contribution in [2.24, 2.45) is 5.90 Å². The highest BCUT2D eigenvalue weighted by Crippen LogP contribution is 2.08. The minimum atomic E-state index is 0.409. The van der Waals surface area contributed by atoms with E-state index in [9.17, 15) is 0 Å². The number of aromatic nitrogens is 3. The standard InChI is InChI=1S/C10H12N4O/c1-8-6-12-14(13-8)10-4-2-9(3-5-10)7-15-11/h2-6H,7,11H2,1H3. The summed E-state index contributed by atoms with van der Waals surface area (Å²) in [4.78, 5) is 6.13. The quantitative estimate of drug-likeness (QED) is 0.756.